The number of halogens is 1. The molecule has 0 saturated carbocycles. The summed E-state index contributed by atoms with van der Waals surface area (Å²) in [4.78, 5) is 34.3. The molecule has 180 valence electrons. The van der Waals surface area contributed by atoms with Gasteiger partial charge in [0, 0.05) is 44.4 Å². The third-order valence-electron chi connectivity index (χ3n) is 5.85. The first-order chi connectivity index (χ1) is 16.9. The van der Waals surface area contributed by atoms with Crippen LogP contribution in [0.25, 0.3) is 15.5 Å². The van der Waals surface area contributed by atoms with Crippen molar-refractivity contribution in [2.45, 2.75) is 13.5 Å². The minimum Gasteiger partial charge on any atom is -0.484 e. The van der Waals surface area contributed by atoms with Gasteiger partial charge in [0.1, 0.15) is 16.6 Å². The Morgan fingerprint density at radius 1 is 1.09 bits per heavy atom. The van der Waals surface area contributed by atoms with Gasteiger partial charge in [-0.15, -0.1) is 0 Å². The molecule has 10 heteroatoms. The SMILES string of the molecule is Cc1cccc(-c2nn3c(=O)cc(CN4CCN(C(=O)COc5ccc(F)cc5)CC4)nc3s2)c1. The summed E-state index contributed by atoms with van der Waals surface area (Å²) in [5.41, 5.74) is 2.58. The number of fused-ring (bicyclic) bond motifs is 1. The Morgan fingerprint density at radius 2 is 1.86 bits per heavy atom. The van der Waals surface area contributed by atoms with Gasteiger partial charge in [-0.05, 0) is 37.3 Å². The van der Waals surface area contributed by atoms with Crippen LogP contribution in [-0.4, -0.2) is 63.1 Å². The highest BCUT2D eigenvalue weighted by Gasteiger charge is 2.22. The Morgan fingerprint density at radius 3 is 2.60 bits per heavy atom. The molecule has 1 amide bonds. The van der Waals surface area contributed by atoms with E-state index in [1.54, 1.807) is 4.90 Å². The summed E-state index contributed by atoms with van der Waals surface area (Å²) in [5.74, 6) is -0.00180. The smallest absolute Gasteiger partial charge is 0.275 e. The fourth-order valence-electron chi connectivity index (χ4n) is 3.98. The van der Waals surface area contributed by atoms with Crippen molar-refractivity contribution >= 4 is 22.2 Å². The molecule has 35 heavy (non-hydrogen) atoms. The van der Waals surface area contributed by atoms with E-state index in [4.69, 9.17) is 4.74 Å². The lowest BCUT2D eigenvalue weighted by Gasteiger charge is -2.34. The summed E-state index contributed by atoms with van der Waals surface area (Å²) in [6, 6.07) is 15.1. The second-order valence-corrected chi connectivity index (χ2v) is 9.41. The summed E-state index contributed by atoms with van der Waals surface area (Å²) in [6.45, 7) is 4.91. The number of hydrogen-bond acceptors (Lipinski definition) is 7. The molecule has 0 atom stereocenters. The van der Waals surface area contributed by atoms with Crippen LogP contribution >= 0.6 is 11.3 Å². The third kappa shape index (κ3) is 5.39. The Kier molecular flexibility index (Phi) is 6.56. The van der Waals surface area contributed by atoms with E-state index in [-0.39, 0.29) is 23.9 Å². The van der Waals surface area contributed by atoms with Crippen LogP contribution in [0, 0.1) is 12.7 Å². The number of amides is 1. The standard InChI is InChI=1S/C25H24FN5O3S/c1-17-3-2-4-18(13-17)24-28-31-22(32)14-20(27-25(31)35-24)15-29-9-11-30(12-10-29)23(33)16-34-21-7-5-19(26)6-8-21/h2-8,13-14H,9-12,15-16H2,1H3. The second kappa shape index (κ2) is 9.93. The van der Waals surface area contributed by atoms with Crippen molar-refractivity contribution < 1.29 is 13.9 Å². The maximum absolute atomic E-state index is 13.0. The topological polar surface area (TPSA) is 80.0 Å². The van der Waals surface area contributed by atoms with Gasteiger partial charge in [-0.25, -0.2) is 9.37 Å². The number of piperazine rings is 1. The van der Waals surface area contributed by atoms with Crippen molar-refractivity contribution in [2.75, 3.05) is 32.8 Å². The zero-order chi connectivity index (χ0) is 24.4. The van der Waals surface area contributed by atoms with Crippen LogP contribution in [0.5, 0.6) is 5.75 Å². The maximum Gasteiger partial charge on any atom is 0.275 e. The molecule has 1 aliphatic rings. The first-order valence-electron chi connectivity index (χ1n) is 11.3. The molecule has 0 N–H and O–H groups in total. The number of benzene rings is 2. The summed E-state index contributed by atoms with van der Waals surface area (Å²) in [6.07, 6.45) is 0. The molecule has 8 nitrogen and oxygen atoms in total. The van der Waals surface area contributed by atoms with E-state index in [1.165, 1.54) is 46.2 Å². The van der Waals surface area contributed by atoms with E-state index in [2.05, 4.69) is 15.0 Å². The van der Waals surface area contributed by atoms with Crippen LogP contribution in [0.15, 0.2) is 59.4 Å². The van der Waals surface area contributed by atoms with Crippen molar-refractivity contribution in [3.63, 3.8) is 0 Å². The number of nitrogens with zero attached hydrogens (tertiary/aromatic N) is 5. The Hall–Kier alpha value is -3.63. The Bertz CT molecular complexity index is 1410. The summed E-state index contributed by atoms with van der Waals surface area (Å²) < 4.78 is 19.8. The lowest BCUT2D eigenvalue weighted by Crippen LogP contribution is -2.49. The average Bonchev–Trinajstić information content (AvgIpc) is 3.29. The van der Waals surface area contributed by atoms with Crippen LogP contribution < -0.4 is 10.3 Å². The highest BCUT2D eigenvalue weighted by Crippen LogP contribution is 2.25. The lowest BCUT2D eigenvalue weighted by atomic mass is 10.1. The number of carbonyl (C=O) groups is 1. The quantitative estimate of drug-likeness (QED) is 0.411. The molecule has 2 aromatic carbocycles. The normalized spacial score (nSPS) is 14.4. The molecule has 2 aromatic heterocycles. The molecule has 0 unspecified atom stereocenters. The molecule has 1 fully saturated rings. The van der Waals surface area contributed by atoms with Gasteiger partial charge < -0.3 is 9.64 Å². The van der Waals surface area contributed by atoms with Gasteiger partial charge in [0.15, 0.2) is 6.61 Å². The van der Waals surface area contributed by atoms with E-state index in [0.717, 1.165) is 16.1 Å². The highest BCUT2D eigenvalue weighted by atomic mass is 32.1. The van der Waals surface area contributed by atoms with Gasteiger partial charge >= 0.3 is 0 Å². The van der Waals surface area contributed by atoms with E-state index >= 15 is 0 Å². The van der Waals surface area contributed by atoms with E-state index in [0.29, 0.717) is 49.1 Å². The predicted octanol–water partition coefficient (Wildman–Crippen LogP) is 2.99. The second-order valence-electron chi connectivity index (χ2n) is 8.46. The molecular formula is C25H24FN5O3S. The molecule has 5 rings (SSSR count). The van der Waals surface area contributed by atoms with Crippen LogP contribution in [0.1, 0.15) is 11.3 Å². The molecule has 0 spiro atoms. The van der Waals surface area contributed by atoms with Crippen LogP contribution in [-0.2, 0) is 11.3 Å². The van der Waals surface area contributed by atoms with E-state index in [9.17, 15) is 14.0 Å². The van der Waals surface area contributed by atoms with Crippen LogP contribution in [0.3, 0.4) is 0 Å². The van der Waals surface area contributed by atoms with Crippen LogP contribution in [0.4, 0.5) is 4.39 Å². The van der Waals surface area contributed by atoms with Crippen molar-refractivity contribution in [3.8, 4) is 16.3 Å². The van der Waals surface area contributed by atoms with Crippen molar-refractivity contribution in [3.05, 3.63) is 82.0 Å². The number of aryl methyl sites for hydroxylation is 1. The van der Waals surface area contributed by atoms with Gasteiger partial charge in [0.25, 0.3) is 11.5 Å². The largest absolute Gasteiger partial charge is 0.484 e. The molecule has 1 saturated heterocycles. The minimum atomic E-state index is -0.349. The third-order valence-corrected chi connectivity index (χ3v) is 6.81. The van der Waals surface area contributed by atoms with Crippen LogP contribution in [0.2, 0.25) is 0 Å². The van der Waals surface area contributed by atoms with Crippen molar-refractivity contribution in [2.24, 2.45) is 0 Å². The zero-order valence-corrected chi connectivity index (χ0v) is 20.0. The molecular weight excluding hydrogens is 469 g/mol. The van der Waals surface area contributed by atoms with Gasteiger partial charge in [-0.3, -0.25) is 14.5 Å². The van der Waals surface area contributed by atoms with Gasteiger partial charge in [0.2, 0.25) is 4.96 Å². The summed E-state index contributed by atoms with van der Waals surface area (Å²) >= 11 is 1.39. The average molecular weight is 494 g/mol. The van der Waals surface area contributed by atoms with Crippen molar-refractivity contribution in [1.82, 2.24) is 24.4 Å². The number of carbonyl (C=O) groups excluding carboxylic acids is 1. The number of rotatable bonds is 6. The minimum absolute atomic E-state index is 0.0880. The molecule has 3 heterocycles. The zero-order valence-electron chi connectivity index (χ0n) is 19.2. The van der Waals surface area contributed by atoms with Gasteiger partial charge in [-0.1, -0.05) is 35.1 Å². The molecule has 1 aliphatic heterocycles. The highest BCUT2D eigenvalue weighted by molar-refractivity contribution is 7.19. The lowest BCUT2D eigenvalue weighted by molar-refractivity contribution is -0.135. The van der Waals surface area contributed by atoms with Crippen molar-refractivity contribution in [1.29, 1.82) is 0 Å². The number of hydrogen-bond donors (Lipinski definition) is 0. The first-order valence-corrected chi connectivity index (χ1v) is 12.1. The van der Waals surface area contributed by atoms with E-state index in [1.807, 2.05) is 31.2 Å². The monoisotopic (exact) mass is 493 g/mol. The summed E-state index contributed by atoms with van der Waals surface area (Å²) in [5, 5.41) is 5.21. The maximum atomic E-state index is 13.0. The fourth-order valence-corrected chi connectivity index (χ4v) is 4.90. The predicted molar refractivity (Wildman–Crippen MR) is 131 cm³/mol. The molecule has 4 aromatic rings. The Balaban J connectivity index is 1.19. The van der Waals surface area contributed by atoms with Gasteiger partial charge in [0.05, 0.1) is 5.69 Å². The first kappa shape index (κ1) is 23.1. The number of ether oxygens (including phenoxy) is 1. The number of aromatic nitrogens is 3. The molecule has 0 radical (unpaired) electrons. The molecule has 0 bridgehead atoms. The fraction of sp³-hybridized carbons (Fsp3) is 0.280. The van der Waals surface area contributed by atoms with Gasteiger partial charge in [-0.2, -0.15) is 9.61 Å². The van der Waals surface area contributed by atoms with E-state index < -0.39 is 0 Å². The Labute approximate surface area is 205 Å². The summed E-state index contributed by atoms with van der Waals surface area (Å²) in [7, 11) is 0. The molecule has 0 aliphatic carbocycles.